The van der Waals surface area contributed by atoms with E-state index in [0.29, 0.717) is 22.3 Å². The first-order valence-corrected chi connectivity index (χ1v) is 9.32. The summed E-state index contributed by atoms with van der Waals surface area (Å²) in [5.74, 6) is -0.0161. The molecule has 0 saturated carbocycles. The van der Waals surface area contributed by atoms with E-state index in [1.54, 1.807) is 13.0 Å². The number of benzene rings is 3. The Kier molecular flexibility index (Phi) is 6.02. The Hall–Kier alpha value is -3.86. The van der Waals surface area contributed by atoms with E-state index < -0.39 is 11.9 Å². The first kappa shape index (κ1) is 20.9. The van der Waals surface area contributed by atoms with Crippen LogP contribution >= 0.6 is 0 Å². The lowest BCUT2D eigenvalue weighted by atomic mass is 10.0. The van der Waals surface area contributed by atoms with Crippen LogP contribution in [0.25, 0.3) is 10.8 Å². The molecule has 3 rings (SSSR count). The van der Waals surface area contributed by atoms with Crippen LogP contribution in [0.2, 0.25) is 0 Å². The lowest BCUT2D eigenvalue weighted by Crippen LogP contribution is -2.13. The Morgan fingerprint density at radius 1 is 0.767 bits per heavy atom. The number of fused-ring (bicyclic) bond motifs is 1. The summed E-state index contributed by atoms with van der Waals surface area (Å²) in [5, 5.41) is 1.27. The molecular weight excluding hydrogens is 380 g/mol. The molecule has 0 fully saturated rings. The fourth-order valence-electron chi connectivity index (χ4n) is 2.70. The molecule has 5 heteroatoms. The first-order chi connectivity index (χ1) is 14.3. The van der Waals surface area contributed by atoms with Gasteiger partial charge in [0, 0.05) is 28.0 Å². The highest BCUT2D eigenvalue weighted by Gasteiger charge is 2.21. The number of aryl methyl sites for hydroxylation is 1. The standard InChI is InChI=1S/C25H22O5/c1-15(2)24(26)29-22-14-21(28-18-9-7-6-8-10-18)20-13-17(5)11-12-19(20)23(22)30-25(27)16(3)4/h6-14H,1,3H2,2,4-5H3. The fourth-order valence-corrected chi connectivity index (χ4v) is 2.70. The summed E-state index contributed by atoms with van der Waals surface area (Å²) in [6.45, 7) is 12.2. The van der Waals surface area contributed by atoms with Gasteiger partial charge in [0.2, 0.25) is 0 Å². The van der Waals surface area contributed by atoms with Gasteiger partial charge in [-0.15, -0.1) is 0 Å². The van der Waals surface area contributed by atoms with Gasteiger partial charge in [-0.3, -0.25) is 0 Å². The quantitative estimate of drug-likeness (QED) is 0.292. The predicted molar refractivity (Wildman–Crippen MR) is 116 cm³/mol. The van der Waals surface area contributed by atoms with E-state index in [1.807, 2.05) is 49.4 Å². The van der Waals surface area contributed by atoms with Crippen molar-refractivity contribution in [3.8, 4) is 23.0 Å². The second kappa shape index (κ2) is 8.66. The molecular formula is C25H22O5. The summed E-state index contributed by atoms with van der Waals surface area (Å²) in [6.07, 6.45) is 0. The topological polar surface area (TPSA) is 61.8 Å². The second-order valence-corrected chi connectivity index (χ2v) is 7.01. The molecule has 0 heterocycles. The normalized spacial score (nSPS) is 10.4. The summed E-state index contributed by atoms with van der Waals surface area (Å²) in [7, 11) is 0. The third-order valence-corrected chi connectivity index (χ3v) is 4.24. The summed E-state index contributed by atoms with van der Waals surface area (Å²) >= 11 is 0. The molecule has 0 amide bonds. The van der Waals surface area contributed by atoms with Gasteiger partial charge in [0.1, 0.15) is 11.5 Å². The number of carbonyl (C=O) groups excluding carboxylic acids is 2. The molecule has 3 aromatic carbocycles. The van der Waals surface area contributed by atoms with Crippen molar-refractivity contribution in [2.24, 2.45) is 0 Å². The number of para-hydroxylation sites is 1. The zero-order valence-corrected chi connectivity index (χ0v) is 17.2. The molecule has 0 N–H and O–H groups in total. The van der Waals surface area contributed by atoms with Crippen LogP contribution in [0.5, 0.6) is 23.0 Å². The maximum atomic E-state index is 12.3. The fraction of sp³-hybridized carbons (Fsp3) is 0.120. The Bertz CT molecular complexity index is 1160. The van der Waals surface area contributed by atoms with Gasteiger partial charge in [0.15, 0.2) is 11.5 Å². The molecule has 5 nitrogen and oxygen atoms in total. The molecule has 0 spiro atoms. The summed E-state index contributed by atoms with van der Waals surface area (Å²) in [4.78, 5) is 24.5. The molecule has 0 unspecified atom stereocenters. The first-order valence-electron chi connectivity index (χ1n) is 9.32. The van der Waals surface area contributed by atoms with Gasteiger partial charge < -0.3 is 14.2 Å². The number of hydrogen-bond acceptors (Lipinski definition) is 5. The number of rotatable bonds is 6. The average Bonchev–Trinajstić information content (AvgIpc) is 2.71. The van der Waals surface area contributed by atoms with Gasteiger partial charge in [-0.05, 0) is 39.0 Å². The Labute approximate surface area is 175 Å². The molecule has 30 heavy (non-hydrogen) atoms. The lowest BCUT2D eigenvalue weighted by molar-refractivity contribution is -0.132. The highest BCUT2D eigenvalue weighted by Crippen LogP contribution is 2.44. The molecule has 0 aliphatic rings. The van der Waals surface area contributed by atoms with Gasteiger partial charge in [-0.25, -0.2) is 9.59 Å². The van der Waals surface area contributed by atoms with Crippen LogP contribution in [0.1, 0.15) is 19.4 Å². The average molecular weight is 402 g/mol. The Morgan fingerprint density at radius 2 is 1.40 bits per heavy atom. The molecule has 0 radical (unpaired) electrons. The van der Waals surface area contributed by atoms with E-state index in [9.17, 15) is 9.59 Å². The van der Waals surface area contributed by atoms with Gasteiger partial charge in [-0.2, -0.15) is 0 Å². The minimum atomic E-state index is -0.639. The third kappa shape index (κ3) is 4.58. The minimum Gasteiger partial charge on any atom is -0.457 e. The molecule has 0 aliphatic heterocycles. The zero-order valence-electron chi connectivity index (χ0n) is 17.2. The number of carbonyl (C=O) groups is 2. The van der Waals surface area contributed by atoms with E-state index in [1.165, 1.54) is 13.0 Å². The molecule has 0 bridgehead atoms. The van der Waals surface area contributed by atoms with Crippen molar-refractivity contribution in [2.45, 2.75) is 20.8 Å². The predicted octanol–water partition coefficient (Wildman–Crippen LogP) is 5.90. The molecule has 0 atom stereocenters. The molecule has 3 aromatic rings. The van der Waals surface area contributed by atoms with E-state index in [2.05, 4.69) is 13.2 Å². The van der Waals surface area contributed by atoms with Crippen molar-refractivity contribution >= 4 is 22.7 Å². The van der Waals surface area contributed by atoms with E-state index >= 15 is 0 Å². The summed E-state index contributed by atoms with van der Waals surface area (Å²) < 4.78 is 17.1. The molecule has 0 aromatic heterocycles. The van der Waals surface area contributed by atoms with Crippen LogP contribution < -0.4 is 14.2 Å². The smallest absolute Gasteiger partial charge is 0.338 e. The van der Waals surface area contributed by atoms with E-state index in [4.69, 9.17) is 14.2 Å². The second-order valence-electron chi connectivity index (χ2n) is 7.01. The van der Waals surface area contributed by atoms with Crippen molar-refractivity contribution in [3.63, 3.8) is 0 Å². The van der Waals surface area contributed by atoms with Crippen LogP contribution in [0.15, 0.2) is 78.9 Å². The van der Waals surface area contributed by atoms with Crippen LogP contribution in [0, 0.1) is 6.92 Å². The van der Waals surface area contributed by atoms with Gasteiger partial charge in [-0.1, -0.05) is 49.1 Å². The van der Waals surface area contributed by atoms with Crippen LogP contribution in [0.4, 0.5) is 0 Å². The highest BCUT2D eigenvalue weighted by molar-refractivity contribution is 6.00. The Balaban J connectivity index is 2.23. The van der Waals surface area contributed by atoms with Gasteiger partial charge in [0.25, 0.3) is 0 Å². The van der Waals surface area contributed by atoms with Crippen molar-refractivity contribution in [2.75, 3.05) is 0 Å². The number of esters is 2. The lowest BCUT2D eigenvalue weighted by Gasteiger charge is -2.17. The Morgan fingerprint density at radius 3 is 2.03 bits per heavy atom. The highest BCUT2D eigenvalue weighted by atomic mass is 16.6. The van der Waals surface area contributed by atoms with Gasteiger partial charge >= 0.3 is 11.9 Å². The molecule has 152 valence electrons. The monoisotopic (exact) mass is 402 g/mol. The SMILES string of the molecule is C=C(C)C(=O)Oc1cc(Oc2ccccc2)c2cc(C)ccc2c1OC(=O)C(=C)C. The molecule has 0 saturated heterocycles. The minimum absolute atomic E-state index is 0.0554. The van der Waals surface area contributed by atoms with Crippen molar-refractivity contribution in [1.29, 1.82) is 0 Å². The van der Waals surface area contributed by atoms with E-state index in [0.717, 1.165) is 5.56 Å². The van der Waals surface area contributed by atoms with Crippen molar-refractivity contribution < 1.29 is 23.8 Å². The van der Waals surface area contributed by atoms with Crippen molar-refractivity contribution in [1.82, 2.24) is 0 Å². The number of hydrogen-bond donors (Lipinski definition) is 0. The largest absolute Gasteiger partial charge is 0.457 e. The van der Waals surface area contributed by atoms with Crippen molar-refractivity contribution in [3.05, 3.63) is 84.5 Å². The maximum absolute atomic E-state index is 12.3. The van der Waals surface area contributed by atoms with Crippen LogP contribution in [0.3, 0.4) is 0 Å². The van der Waals surface area contributed by atoms with Gasteiger partial charge in [0.05, 0.1) is 0 Å². The van der Waals surface area contributed by atoms with Crippen LogP contribution in [-0.2, 0) is 9.59 Å². The molecule has 0 aliphatic carbocycles. The van der Waals surface area contributed by atoms with Crippen LogP contribution in [-0.4, -0.2) is 11.9 Å². The maximum Gasteiger partial charge on any atom is 0.338 e. The number of ether oxygens (including phenoxy) is 3. The summed E-state index contributed by atoms with van der Waals surface area (Å²) in [5.41, 5.74) is 1.42. The zero-order chi connectivity index (χ0) is 21.8. The third-order valence-electron chi connectivity index (χ3n) is 4.24. The van der Waals surface area contributed by atoms with E-state index in [-0.39, 0.29) is 22.6 Å². The summed E-state index contributed by atoms with van der Waals surface area (Å²) in [6, 6.07) is 16.3.